The van der Waals surface area contributed by atoms with Crippen LogP contribution in [0.3, 0.4) is 0 Å². The highest BCUT2D eigenvalue weighted by molar-refractivity contribution is 7.54. The third-order valence-electron chi connectivity index (χ3n) is 4.00. The molecule has 9 nitrogen and oxygen atoms in total. The second kappa shape index (κ2) is 14.6. The third kappa shape index (κ3) is 11.3. The molecule has 0 heterocycles. The molecule has 0 aliphatic carbocycles. The molecule has 0 aliphatic heterocycles. The van der Waals surface area contributed by atoms with Crippen LogP contribution in [0.4, 0.5) is 0 Å². The number of hydrogen-bond donors (Lipinski definition) is 1. The third-order valence-corrected chi connectivity index (χ3v) is 6.28. The number of amides is 1. The Morgan fingerprint density at radius 3 is 2.15 bits per heavy atom. The normalized spacial score (nSPS) is 13.0. The summed E-state index contributed by atoms with van der Waals surface area (Å²) in [7, 11) is -3.61. The van der Waals surface area contributed by atoms with Gasteiger partial charge in [0.1, 0.15) is 6.04 Å². The molecule has 1 aromatic rings. The Morgan fingerprint density at radius 2 is 1.64 bits per heavy atom. The van der Waals surface area contributed by atoms with Crippen LogP contribution in [0.25, 0.3) is 0 Å². The maximum Gasteiger partial charge on any atom is 0.338 e. The van der Waals surface area contributed by atoms with Gasteiger partial charge >= 0.3 is 19.5 Å². The number of carbonyl (C=O) groups is 3. The summed E-state index contributed by atoms with van der Waals surface area (Å²) in [5.41, 5.74) is 0.847. The van der Waals surface area contributed by atoms with Crippen molar-refractivity contribution < 1.29 is 37.5 Å². The zero-order chi connectivity index (χ0) is 24.9. The van der Waals surface area contributed by atoms with Gasteiger partial charge in [-0.25, -0.2) is 9.59 Å². The molecule has 0 bridgehead atoms. The van der Waals surface area contributed by atoms with E-state index in [-0.39, 0.29) is 38.0 Å². The fourth-order valence-corrected chi connectivity index (χ4v) is 5.11. The topological polar surface area (TPSA) is 117 Å². The standard InChI is InChI=1S/C23H34NO8P/c1-6-29-23(27)21(24-16-25)14-19(15-33(28,31-17(2)3)32-18(4)5)12-13-30-22(26)20-10-8-7-9-11-20/h7-11,14,16-18,21H,6,12-13,15H2,1-5H3,(H,24,25). The first kappa shape index (κ1) is 28.6. The quantitative estimate of drug-likeness (QED) is 0.173. The van der Waals surface area contributed by atoms with Crippen LogP contribution >= 0.6 is 7.60 Å². The van der Waals surface area contributed by atoms with Gasteiger partial charge in [0, 0.05) is 6.42 Å². The number of nitrogens with one attached hydrogen (secondary N) is 1. The zero-order valence-corrected chi connectivity index (χ0v) is 20.7. The van der Waals surface area contributed by atoms with Crippen molar-refractivity contribution in [3.8, 4) is 0 Å². The Bertz CT molecular complexity index is 824. The highest BCUT2D eigenvalue weighted by atomic mass is 31.2. The van der Waals surface area contributed by atoms with Crippen molar-refractivity contribution in [3.05, 3.63) is 47.5 Å². The van der Waals surface area contributed by atoms with Crippen molar-refractivity contribution in [2.24, 2.45) is 0 Å². The Hall–Kier alpha value is -2.48. The molecule has 184 valence electrons. The van der Waals surface area contributed by atoms with E-state index in [4.69, 9.17) is 18.5 Å². The van der Waals surface area contributed by atoms with Crippen molar-refractivity contribution in [2.75, 3.05) is 19.4 Å². The largest absolute Gasteiger partial charge is 0.464 e. The van der Waals surface area contributed by atoms with Crippen LogP contribution in [0.2, 0.25) is 0 Å². The first-order chi connectivity index (χ1) is 15.6. The zero-order valence-electron chi connectivity index (χ0n) is 19.8. The summed E-state index contributed by atoms with van der Waals surface area (Å²) in [6.45, 7) is 8.66. The van der Waals surface area contributed by atoms with E-state index in [1.165, 1.54) is 6.08 Å². The number of esters is 2. The van der Waals surface area contributed by atoms with Gasteiger partial charge in [-0.15, -0.1) is 0 Å². The minimum Gasteiger partial charge on any atom is -0.464 e. The van der Waals surface area contributed by atoms with Crippen LogP contribution in [0.5, 0.6) is 0 Å². The van der Waals surface area contributed by atoms with Gasteiger partial charge in [-0.3, -0.25) is 9.36 Å². The minimum atomic E-state index is -3.61. The highest BCUT2D eigenvalue weighted by Gasteiger charge is 2.30. The van der Waals surface area contributed by atoms with Gasteiger partial charge in [0.2, 0.25) is 6.41 Å². The lowest BCUT2D eigenvalue weighted by atomic mass is 10.1. The summed E-state index contributed by atoms with van der Waals surface area (Å²) in [5, 5.41) is 2.38. The average molecular weight is 483 g/mol. The fourth-order valence-electron chi connectivity index (χ4n) is 2.86. The molecule has 0 radical (unpaired) electrons. The summed E-state index contributed by atoms with van der Waals surface area (Å²) < 4.78 is 34.9. The highest BCUT2D eigenvalue weighted by Crippen LogP contribution is 2.52. The van der Waals surface area contributed by atoms with Crippen LogP contribution < -0.4 is 5.32 Å². The van der Waals surface area contributed by atoms with Crippen LogP contribution in [-0.2, 0) is 32.7 Å². The summed E-state index contributed by atoms with van der Waals surface area (Å²) in [6, 6.07) is 7.39. The Labute approximate surface area is 195 Å². The lowest BCUT2D eigenvalue weighted by molar-refractivity contribution is -0.145. The summed E-state index contributed by atoms with van der Waals surface area (Å²) in [4.78, 5) is 35.5. The number of ether oxygens (including phenoxy) is 2. The predicted molar refractivity (Wildman–Crippen MR) is 124 cm³/mol. The predicted octanol–water partition coefficient (Wildman–Crippen LogP) is 3.88. The van der Waals surface area contributed by atoms with Gasteiger partial charge in [0.25, 0.3) is 0 Å². The first-order valence-corrected chi connectivity index (χ1v) is 12.6. The molecule has 1 rings (SSSR count). The molecule has 0 saturated carbocycles. The van der Waals surface area contributed by atoms with E-state index in [9.17, 15) is 18.9 Å². The Kier molecular flexibility index (Phi) is 12.7. The van der Waals surface area contributed by atoms with E-state index >= 15 is 0 Å². The summed E-state index contributed by atoms with van der Waals surface area (Å²) in [5.74, 6) is -1.18. The van der Waals surface area contributed by atoms with Crippen LogP contribution in [-0.4, -0.2) is 56.0 Å². The molecule has 1 N–H and O–H groups in total. The SMILES string of the molecule is CCOC(=O)C(C=C(CCOC(=O)c1ccccc1)CP(=O)(OC(C)C)OC(C)C)NC=O. The van der Waals surface area contributed by atoms with Gasteiger partial charge < -0.3 is 23.8 Å². The summed E-state index contributed by atoms with van der Waals surface area (Å²) >= 11 is 0. The maximum atomic E-state index is 13.4. The van der Waals surface area contributed by atoms with Crippen LogP contribution in [0.15, 0.2) is 42.0 Å². The van der Waals surface area contributed by atoms with Gasteiger partial charge in [-0.2, -0.15) is 0 Å². The fraction of sp³-hybridized carbons (Fsp3) is 0.522. The molecule has 1 aromatic carbocycles. The summed E-state index contributed by atoms with van der Waals surface area (Å²) in [6.07, 6.45) is 1.05. The number of benzene rings is 1. The van der Waals surface area contributed by atoms with Crippen molar-refractivity contribution >= 4 is 25.9 Å². The maximum absolute atomic E-state index is 13.4. The number of rotatable bonds is 15. The van der Waals surface area contributed by atoms with E-state index in [0.717, 1.165) is 0 Å². The van der Waals surface area contributed by atoms with Gasteiger partial charge in [0.15, 0.2) is 0 Å². The van der Waals surface area contributed by atoms with Crippen LogP contribution in [0, 0.1) is 0 Å². The first-order valence-electron chi connectivity index (χ1n) is 10.8. The molecule has 0 fully saturated rings. The molecule has 1 unspecified atom stereocenters. The molecule has 33 heavy (non-hydrogen) atoms. The Morgan fingerprint density at radius 1 is 1.03 bits per heavy atom. The van der Waals surface area contributed by atoms with Gasteiger partial charge in [-0.05, 0) is 46.8 Å². The molecular formula is C23H34NO8P. The lowest BCUT2D eigenvalue weighted by Crippen LogP contribution is -2.36. The second-order valence-corrected chi connectivity index (χ2v) is 9.63. The smallest absolute Gasteiger partial charge is 0.338 e. The molecule has 0 aromatic heterocycles. The van der Waals surface area contributed by atoms with Gasteiger partial charge in [0.05, 0.1) is 37.1 Å². The van der Waals surface area contributed by atoms with Gasteiger partial charge in [-0.1, -0.05) is 29.8 Å². The average Bonchev–Trinajstić information content (AvgIpc) is 2.72. The van der Waals surface area contributed by atoms with Crippen LogP contribution in [0.1, 0.15) is 51.4 Å². The lowest BCUT2D eigenvalue weighted by Gasteiger charge is -2.24. The molecule has 1 atom stereocenters. The second-order valence-electron chi connectivity index (χ2n) is 7.67. The molecular weight excluding hydrogens is 449 g/mol. The van der Waals surface area contributed by atoms with Crippen molar-refractivity contribution in [1.29, 1.82) is 0 Å². The number of carbonyl (C=O) groups excluding carboxylic acids is 3. The minimum absolute atomic E-state index is 0.0421. The van der Waals surface area contributed by atoms with Crippen molar-refractivity contribution in [3.63, 3.8) is 0 Å². The van der Waals surface area contributed by atoms with E-state index < -0.39 is 25.6 Å². The molecule has 0 saturated heterocycles. The molecule has 10 heteroatoms. The monoisotopic (exact) mass is 483 g/mol. The molecule has 0 aliphatic rings. The van der Waals surface area contributed by atoms with Crippen molar-refractivity contribution in [2.45, 2.75) is 59.3 Å². The molecule has 1 amide bonds. The van der Waals surface area contributed by atoms with E-state index in [1.54, 1.807) is 65.0 Å². The van der Waals surface area contributed by atoms with E-state index in [0.29, 0.717) is 17.5 Å². The van der Waals surface area contributed by atoms with Crippen molar-refractivity contribution in [1.82, 2.24) is 5.32 Å². The Balaban J connectivity index is 3.11. The number of hydrogen-bond acceptors (Lipinski definition) is 8. The van der Waals surface area contributed by atoms with E-state index in [2.05, 4.69) is 5.32 Å². The van der Waals surface area contributed by atoms with E-state index in [1.807, 2.05) is 0 Å². The molecule has 0 spiro atoms.